The third kappa shape index (κ3) is 6.73. The molecule has 7 heteroatoms. The Hall–Kier alpha value is -3.74. The topological polar surface area (TPSA) is 64.1 Å². The Morgan fingerprint density at radius 1 is 1.08 bits per heavy atom. The maximum Gasteiger partial charge on any atom is 0.410 e. The molecule has 0 spiro atoms. The second-order valence-corrected chi connectivity index (χ2v) is 10.2. The van der Waals surface area contributed by atoms with Gasteiger partial charge in [0.1, 0.15) is 17.1 Å². The molecule has 0 bridgehead atoms. The van der Waals surface area contributed by atoms with Gasteiger partial charge in [-0.15, -0.1) is 0 Å². The van der Waals surface area contributed by atoms with Crippen LogP contribution in [0.4, 0.5) is 10.5 Å². The predicted molar refractivity (Wildman–Crippen MR) is 147 cm³/mol. The summed E-state index contributed by atoms with van der Waals surface area (Å²) in [5.74, 6) is 2.24. The molecule has 2 aromatic carbocycles. The largest absolute Gasteiger partial charge is 0.497 e. The average Bonchev–Trinajstić information content (AvgIpc) is 3.36. The Bertz CT molecular complexity index is 1180. The van der Waals surface area contributed by atoms with Crippen molar-refractivity contribution in [1.29, 1.82) is 0 Å². The molecule has 1 fully saturated rings. The van der Waals surface area contributed by atoms with Gasteiger partial charge in [0, 0.05) is 37.6 Å². The molecule has 1 aliphatic heterocycles. The van der Waals surface area contributed by atoms with Crippen LogP contribution in [0.5, 0.6) is 17.2 Å². The van der Waals surface area contributed by atoms with E-state index < -0.39 is 5.60 Å². The first-order chi connectivity index (χ1) is 17.8. The molecule has 2 heterocycles. The summed E-state index contributed by atoms with van der Waals surface area (Å²) >= 11 is 0. The number of hydrogen-bond donors (Lipinski definition) is 0. The number of rotatable bonds is 8. The zero-order valence-electron chi connectivity index (χ0n) is 22.4. The number of amides is 1. The first-order valence-corrected chi connectivity index (χ1v) is 12.9. The molecule has 0 N–H and O–H groups in total. The Kier molecular flexibility index (Phi) is 8.21. The predicted octanol–water partition coefficient (Wildman–Crippen LogP) is 6.78. The molecule has 37 heavy (non-hydrogen) atoms. The normalized spacial score (nSPS) is 15.4. The lowest BCUT2D eigenvalue weighted by Crippen LogP contribution is -2.45. The lowest BCUT2D eigenvalue weighted by molar-refractivity contribution is 0.0231. The minimum atomic E-state index is -0.518. The van der Waals surface area contributed by atoms with Crippen LogP contribution in [0.1, 0.15) is 40.5 Å². The number of pyridine rings is 1. The molecule has 1 saturated heterocycles. The number of ether oxygens (including phenoxy) is 3. The molecule has 0 aliphatic carbocycles. The monoisotopic (exact) mass is 503 g/mol. The van der Waals surface area contributed by atoms with Crippen LogP contribution >= 0.6 is 0 Å². The van der Waals surface area contributed by atoms with Crippen LogP contribution < -0.4 is 14.4 Å². The number of nitrogens with zero attached hydrogens (tertiary/aromatic N) is 3. The number of benzene rings is 2. The van der Waals surface area contributed by atoms with Gasteiger partial charge in [-0.05, 0) is 88.6 Å². The number of aromatic nitrogens is 1. The van der Waals surface area contributed by atoms with Crippen molar-refractivity contribution >= 4 is 11.8 Å². The van der Waals surface area contributed by atoms with Crippen LogP contribution in [0.25, 0.3) is 11.1 Å². The lowest BCUT2D eigenvalue weighted by Gasteiger charge is -2.33. The standard InChI is InChI=1S/C30H37N3O4/c1-6-32(21-24-10-8-18-33(24)29(34)37-30(2,3)4)27-16-11-22(23-9-7-17-31-20-23)19-28(27)36-26-14-12-25(35-5)13-15-26/h7,9,11-17,19-20,24H,6,8,10,18,21H2,1-5H3. The molecule has 1 amide bonds. The summed E-state index contributed by atoms with van der Waals surface area (Å²) in [6.45, 7) is 10.0. The number of likely N-dealkylation sites (N-methyl/N-ethyl adjacent to an activating group) is 1. The fourth-order valence-electron chi connectivity index (χ4n) is 4.58. The molecular weight excluding hydrogens is 466 g/mol. The molecule has 1 aliphatic rings. The first kappa shape index (κ1) is 26.3. The molecule has 1 aromatic heterocycles. The molecule has 4 rings (SSSR count). The fourth-order valence-corrected chi connectivity index (χ4v) is 4.58. The molecule has 0 radical (unpaired) electrons. The number of methoxy groups -OCH3 is 1. The van der Waals surface area contributed by atoms with Gasteiger partial charge in [-0.2, -0.15) is 0 Å². The van der Waals surface area contributed by atoms with Crippen molar-refractivity contribution in [3.05, 3.63) is 67.0 Å². The molecule has 1 unspecified atom stereocenters. The Morgan fingerprint density at radius 3 is 2.49 bits per heavy atom. The number of anilines is 1. The van der Waals surface area contributed by atoms with Gasteiger partial charge in [0.2, 0.25) is 0 Å². The van der Waals surface area contributed by atoms with Crippen LogP contribution in [0.15, 0.2) is 67.0 Å². The molecule has 0 saturated carbocycles. The highest BCUT2D eigenvalue weighted by Crippen LogP contribution is 2.37. The summed E-state index contributed by atoms with van der Waals surface area (Å²) in [4.78, 5) is 21.3. The van der Waals surface area contributed by atoms with E-state index in [4.69, 9.17) is 14.2 Å². The van der Waals surface area contributed by atoms with Gasteiger partial charge in [0.05, 0.1) is 18.8 Å². The highest BCUT2D eigenvalue weighted by Gasteiger charge is 2.33. The van der Waals surface area contributed by atoms with Crippen LogP contribution in [-0.2, 0) is 4.74 Å². The summed E-state index contributed by atoms with van der Waals surface area (Å²) in [7, 11) is 1.65. The Labute approximate surface area is 220 Å². The van der Waals surface area contributed by atoms with E-state index in [1.54, 1.807) is 13.3 Å². The zero-order valence-corrected chi connectivity index (χ0v) is 22.4. The summed E-state index contributed by atoms with van der Waals surface area (Å²) in [6, 6.07) is 17.8. The van der Waals surface area contributed by atoms with Gasteiger partial charge in [-0.3, -0.25) is 4.98 Å². The highest BCUT2D eigenvalue weighted by molar-refractivity contribution is 5.72. The van der Waals surface area contributed by atoms with Gasteiger partial charge < -0.3 is 24.0 Å². The van der Waals surface area contributed by atoms with Gasteiger partial charge in [-0.1, -0.05) is 12.1 Å². The molecule has 1 atom stereocenters. The number of carbonyl (C=O) groups excluding carboxylic acids is 1. The molecule has 3 aromatic rings. The minimum absolute atomic E-state index is 0.0710. The van der Waals surface area contributed by atoms with Crippen molar-refractivity contribution in [2.45, 2.75) is 52.2 Å². The van der Waals surface area contributed by atoms with Gasteiger partial charge in [0.25, 0.3) is 0 Å². The maximum atomic E-state index is 12.9. The van der Waals surface area contributed by atoms with Gasteiger partial charge in [-0.25, -0.2) is 4.79 Å². The van der Waals surface area contributed by atoms with E-state index in [1.165, 1.54) is 0 Å². The van der Waals surface area contributed by atoms with Crippen molar-refractivity contribution < 1.29 is 19.0 Å². The first-order valence-electron chi connectivity index (χ1n) is 12.9. The van der Waals surface area contributed by atoms with E-state index in [9.17, 15) is 4.79 Å². The van der Waals surface area contributed by atoms with Crippen molar-refractivity contribution in [2.24, 2.45) is 0 Å². The van der Waals surface area contributed by atoms with Crippen LogP contribution in [0, 0.1) is 0 Å². The lowest BCUT2D eigenvalue weighted by atomic mass is 10.1. The quantitative estimate of drug-likeness (QED) is 0.338. The number of likely N-dealkylation sites (tertiary alicyclic amines) is 1. The van der Waals surface area contributed by atoms with Crippen molar-refractivity contribution in [2.75, 3.05) is 31.6 Å². The van der Waals surface area contributed by atoms with E-state index in [-0.39, 0.29) is 12.1 Å². The summed E-state index contributed by atoms with van der Waals surface area (Å²) < 4.78 is 17.4. The van der Waals surface area contributed by atoms with Crippen molar-refractivity contribution in [3.8, 4) is 28.4 Å². The van der Waals surface area contributed by atoms with Crippen LogP contribution in [0.2, 0.25) is 0 Å². The van der Waals surface area contributed by atoms with Crippen LogP contribution in [-0.4, -0.2) is 54.4 Å². The summed E-state index contributed by atoms with van der Waals surface area (Å²) in [5.41, 5.74) is 2.49. The van der Waals surface area contributed by atoms with Crippen LogP contribution in [0.3, 0.4) is 0 Å². The Morgan fingerprint density at radius 2 is 1.84 bits per heavy atom. The third-order valence-corrected chi connectivity index (χ3v) is 6.40. The molecular formula is C30H37N3O4. The molecule has 7 nitrogen and oxygen atoms in total. The van der Waals surface area contributed by atoms with E-state index in [0.717, 1.165) is 53.4 Å². The number of hydrogen-bond acceptors (Lipinski definition) is 6. The fraction of sp³-hybridized carbons (Fsp3) is 0.400. The molecule has 196 valence electrons. The minimum Gasteiger partial charge on any atom is -0.497 e. The second kappa shape index (κ2) is 11.5. The maximum absolute atomic E-state index is 12.9. The highest BCUT2D eigenvalue weighted by atomic mass is 16.6. The van der Waals surface area contributed by atoms with E-state index in [0.29, 0.717) is 13.1 Å². The Balaban J connectivity index is 1.63. The number of carbonyl (C=O) groups is 1. The average molecular weight is 504 g/mol. The van der Waals surface area contributed by atoms with Gasteiger partial charge >= 0.3 is 6.09 Å². The van der Waals surface area contributed by atoms with Crippen molar-refractivity contribution in [1.82, 2.24) is 9.88 Å². The van der Waals surface area contributed by atoms with E-state index in [1.807, 2.05) is 68.3 Å². The third-order valence-electron chi connectivity index (χ3n) is 6.40. The second-order valence-electron chi connectivity index (χ2n) is 10.2. The van der Waals surface area contributed by atoms with E-state index in [2.05, 4.69) is 35.0 Å². The van der Waals surface area contributed by atoms with Crippen molar-refractivity contribution in [3.63, 3.8) is 0 Å². The van der Waals surface area contributed by atoms with E-state index >= 15 is 0 Å². The van der Waals surface area contributed by atoms with Gasteiger partial charge in [0.15, 0.2) is 5.75 Å². The summed E-state index contributed by atoms with van der Waals surface area (Å²) in [6.07, 6.45) is 5.28. The summed E-state index contributed by atoms with van der Waals surface area (Å²) in [5, 5.41) is 0. The zero-order chi connectivity index (χ0) is 26.4. The SMILES string of the molecule is CCN(CC1CCCN1C(=O)OC(C)(C)C)c1ccc(-c2cccnc2)cc1Oc1ccc(OC)cc1. The smallest absolute Gasteiger partial charge is 0.410 e.